The Labute approximate surface area is 47.3 Å². The van der Waals surface area contributed by atoms with Gasteiger partial charge in [-0.2, -0.15) is 0 Å². The van der Waals surface area contributed by atoms with E-state index in [4.69, 9.17) is 5.73 Å². The van der Waals surface area contributed by atoms with Crippen molar-refractivity contribution in [2.24, 2.45) is 10.7 Å². The third kappa shape index (κ3) is 3.45. The Bertz CT molecular complexity index is 92.0. The number of hydrogen-bond acceptors (Lipinski definition) is 3. The van der Waals surface area contributed by atoms with Crippen molar-refractivity contribution in [3.63, 3.8) is 0 Å². The van der Waals surface area contributed by atoms with Crippen LogP contribution < -0.4 is 5.73 Å². The van der Waals surface area contributed by atoms with Gasteiger partial charge in [0.05, 0.1) is 6.73 Å². The van der Waals surface area contributed by atoms with Gasteiger partial charge in [0.15, 0.2) is 0 Å². The van der Waals surface area contributed by atoms with Gasteiger partial charge >= 0.3 is 0 Å². The molecule has 0 saturated carbocycles. The monoisotopic (exact) mass is 116 g/mol. The number of carbonyl (C=O) groups is 1. The molecule has 8 heavy (non-hydrogen) atoms. The first-order chi connectivity index (χ1) is 3.81. The molecule has 4 nitrogen and oxygen atoms in total. The van der Waals surface area contributed by atoms with Crippen molar-refractivity contribution in [2.75, 3.05) is 13.3 Å². The number of aliphatic imine (C=N–C) groups is 1. The fraction of sp³-hybridized carbons (Fsp3) is 0.500. The van der Waals surface area contributed by atoms with E-state index in [1.165, 1.54) is 0 Å². The minimum atomic E-state index is -0.393. The molecular weight excluding hydrogens is 108 g/mol. The molecule has 0 rings (SSSR count). The Morgan fingerprint density at radius 1 is 1.88 bits per heavy atom. The summed E-state index contributed by atoms with van der Waals surface area (Å²) in [6.45, 7) is 2.97. The van der Waals surface area contributed by atoms with Gasteiger partial charge in [-0.25, -0.2) is 4.99 Å². The first-order valence-corrected chi connectivity index (χ1v) is 2.08. The molecule has 0 aliphatic heterocycles. The van der Waals surface area contributed by atoms with Crippen LogP contribution in [0.25, 0.3) is 0 Å². The molecule has 46 valence electrons. The van der Waals surface area contributed by atoms with Gasteiger partial charge in [0, 0.05) is 0 Å². The van der Waals surface area contributed by atoms with E-state index in [0.717, 1.165) is 0 Å². The van der Waals surface area contributed by atoms with Crippen molar-refractivity contribution < 1.29 is 9.53 Å². The van der Waals surface area contributed by atoms with Gasteiger partial charge < -0.3 is 10.5 Å². The number of hydrogen-bond donors (Lipinski definition) is 1. The van der Waals surface area contributed by atoms with Crippen LogP contribution in [0.3, 0.4) is 0 Å². The highest BCUT2D eigenvalue weighted by molar-refractivity contribution is 5.81. The summed E-state index contributed by atoms with van der Waals surface area (Å²) in [6, 6.07) is 0. The van der Waals surface area contributed by atoms with Crippen LogP contribution in [0.5, 0.6) is 0 Å². The normalized spacial score (nSPS) is 8.62. The summed E-state index contributed by atoms with van der Waals surface area (Å²) < 4.78 is 4.48. The zero-order valence-corrected chi connectivity index (χ0v) is 4.46. The van der Waals surface area contributed by atoms with E-state index in [1.54, 1.807) is 0 Å². The van der Waals surface area contributed by atoms with Crippen LogP contribution >= 0.6 is 0 Å². The fourth-order valence-electron chi connectivity index (χ4n) is 0.192. The van der Waals surface area contributed by atoms with Crippen molar-refractivity contribution in [3.05, 3.63) is 0 Å². The molecule has 0 unspecified atom stereocenters. The quantitative estimate of drug-likeness (QED) is 0.385. The molecule has 0 aromatic carbocycles. The summed E-state index contributed by atoms with van der Waals surface area (Å²) in [6.07, 6.45) is 0. The fourth-order valence-corrected chi connectivity index (χ4v) is 0.192. The van der Waals surface area contributed by atoms with Crippen LogP contribution in [0, 0.1) is 0 Å². The van der Waals surface area contributed by atoms with Crippen molar-refractivity contribution >= 4 is 12.6 Å². The summed E-state index contributed by atoms with van der Waals surface area (Å²) in [5.41, 5.74) is 4.89. The van der Waals surface area contributed by atoms with Crippen molar-refractivity contribution in [3.8, 4) is 0 Å². The Kier molecular flexibility index (Phi) is 4.01. The molecule has 0 bridgehead atoms. The average molecular weight is 116 g/mol. The van der Waals surface area contributed by atoms with E-state index in [1.807, 2.05) is 0 Å². The van der Waals surface area contributed by atoms with E-state index in [9.17, 15) is 4.79 Å². The zero-order chi connectivity index (χ0) is 6.41. The number of carbonyl (C=O) groups excluding carboxylic acids is 1. The molecule has 0 saturated heterocycles. The smallest absolute Gasteiger partial charge is 0.271 e. The summed E-state index contributed by atoms with van der Waals surface area (Å²) >= 11 is 0. The Balaban J connectivity index is 3.11. The molecule has 0 radical (unpaired) electrons. The highest BCUT2D eigenvalue weighted by atomic mass is 16.5. The molecule has 0 spiro atoms. The van der Waals surface area contributed by atoms with E-state index in [2.05, 4.69) is 16.4 Å². The van der Waals surface area contributed by atoms with E-state index in [0.29, 0.717) is 0 Å². The minimum absolute atomic E-state index is 0.0429. The minimum Gasteiger partial charge on any atom is -0.357 e. The largest absolute Gasteiger partial charge is 0.357 e. The number of nitrogens with two attached hydrogens (primary N) is 1. The molecule has 2 N–H and O–H groups in total. The highest BCUT2D eigenvalue weighted by Crippen LogP contribution is 1.72. The molecule has 0 heterocycles. The Morgan fingerprint density at radius 3 is 2.88 bits per heavy atom. The predicted octanol–water partition coefficient (Wildman–Crippen LogP) is -0.854. The summed E-state index contributed by atoms with van der Waals surface area (Å²) in [7, 11) is 0. The maximum Gasteiger partial charge on any atom is 0.271 e. The Morgan fingerprint density at radius 2 is 2.50 bits per heavy atom. The molecule has 0 aromatic rings. The van der Waals surface area contributed by atoms with Crippen LogP contribution in [0.1, 0.15) is 0 Å². The summed E-state index contributed by atoms with van der Waals surface area (Å²) in [4.78, 5) is 13.2. The van der Waals surface area contributed by atoms with Gasteiger partial charge in [0.1, 0.15) is 6.61 Å². The van der Waals surface area contributed by atoms with Gasteiger partial charge in [0.25, 0.3) is 5.91 Å². The van der Waals surface area contributed by atoms with Gasteiger partial charge in [-0.3, -0.25) is 4.79 Å². The van der Waals surface area contributed by atoms with Gasteiger partial charge in [-0.1, -0.05) is 0 Å². The Hall–Kier alpha value is -0.740. The number of rotatable bonds is 3. The van der Waals surface area contributed by atoms with Gasteiger partial charge in [0.2, 0.25) is 0 Å². The maximum atomic E-state index is 10.2. The molecule has 0 fully saturated rings. The predicted molar refractivity (Wildman–Crippen MR) is 29.6 cm³/mol. The van der Waals surface area contributed by atoms with Crippen LogP contribution in [0.4, 0.5) is 0 Å². The lowest BCUT2D eigenvalue weighted by Gasteiger charge is -1.91. The number of amides is 1. The van der Waals surface area contributed by atoms with Crippen LogP contribution in [-0.2, 0) is 9.53 Å². The summed E-state index contributed by atoms with van der Waals surface area (Å²) in [5.74, 6) is -0.393. The lowest BCUT2D eigenvalue weighted by Crippen LogP contribution is -2.11. The van der Waals surface area contributed by atoms with E-state index >= 15 is 0 Å². The van der Waals surface area contributed by atoms with Crippen molar-refractivity contribution in [2.45, 2.75) is 0 Å². The van der Waals surface area contributed by atoms with Crippen LogP contribution in [-0.4, -0.2) is 26.0 Å². The van der Waals surface area contributed by atoms with E-state index < -0.39 is 5.91 Å². The lowest BCUT2D eigenvalue weighted by atomic mass is 10.7. The zero-order valence-electron chi connectivity index (χ0n) is 4.46. The summed E-state index contributed by atoms with van der Waals surface area (Å²) in [5, 5.41) is 0. The number of ether oxygens (including phenoxy) is 1. The first kappa shape index (κ1) is 7.26. The third-order valence-electron chi connectivity index (χ3n) is 0.520. The third-order valence-corrected chi connectivity index (χ3v) is 0.520. The van der Waals surface area contributed by atoms with Crippen LogP contribution in [0.2, 0.25) is 0 Å². The molecule has 0 aromatic heterocycles. The maximum absolute atomic E-state index is 10.2. The molecule has 0 aliphatic rings. The standard InChI is InChI=1S/C4H8N2O2/c1-6-4(7)2-8-3-5/h1-3,5H2. The lowest BCUT2D eigenvalue weighted by molar-refractivity contribution is -0.122. The topological polar surface area (TPSA) is 64.7 Å². The van der Waals surface area contributed by atoms with Gasteiger partial charge in [-0.05, 0) is 6.72 Å². The van der Waals surface area contributed by atoms with Crippen molar-refractivity contribution in [1.82, 2.24) is 0 Å². The molecule has 0 atom stereocenters. The second-order valence-corrected chi connectivity index (χ2v) is 1.07. The van der Waals surface area contributed by atoms with Crippen molar-refractivity contribution in [1.29, 1.82) is 0 Å². The highest BCUT2D eigenvalue weighted by Gasteiger charge is 1.92. The molecule has 4 heteroatoms. The molecular formula is C4H8N2O2. The van der Waals surface area contributed by atoms with E-state index in [-0.39, 0.29) is 13.3 Å². The molecule has 1 amide bonds. The molecule has 0 aliphatic carbocycles. The SMILES string of the molecule is C=NC(=O)COCN. The average Bonchev–Trinajstić information content (AvgIpc) is 1.83. The van der Waals surface area contributed by atoms with Crippen LogP contribution in [0.15, 0.2) is 4.99 Å². The first-order valence-electron chi connectivity index (χ1n) is 2.08. The number of nitrogens with zero attached hydrogens (tertiary/aromatic N) is 1. The second-order valence-electron chi connectivity index (χ2n) is 1.07. The van der Waals surface area contributed by atoms with Gasteiger partial charge in [-0.15, -0.1) is 0 Å². The second kappa shape index (κ2) is 4.42.